The molecule has 0 amide bonds. The van der Waals surface area contributed by atoms with Crippen LogP contribution in [0, 0.1) is 5.92 Å². The Morgan fingerprint density at radius 2 is 2.09 bits per heavy atom. The van der Waals surface area contributed by atoms with Crippen LogP contribution in [-0.2, 0) is 9.84 Å². The van der Waals surface area contributed by atoms with E-state index in [0.29, 0.717) is 6.42 Å². The SMILES string of the molecule is O=S1(=O)CCC(CO)C(O)C1. The van der Waals surface area contributed by atoms with E-state index in [1.807, 2.05) is 0 Å². The van der Waals surface area contributed by atoms with Crippen molar-refractivity contribution in [1.82, 2.24) is 0 Å². The molecule has 2 unspecified atom stereocenters. The first-order chi connectivity index (χ1) is 5.05. The fourth-order valence-electron chi connectivity index (χ4n) is 1.22. The molecule has 1 rings (SSSR count). The van der Waals surface area contributed by atoms with Crippen LogP contribution in [0.1, 0.15) is 6.42 Å². The molecule has 0 bridgehead atoms. The predicted molar refractivity (Wildman–Crippen MR) is 39.9 cm³/mol. The lowest BCUT2D eigenvalue weighted by Crippen LogP contribution is -2.38. The summed E-state index contributed by atoms with van der Waals surface area (Å²) in [4.78, 5) is 0. The second-order valence-corrected chi connectivity index (χ2v) is 5.14. The summed E-state index contributed by atoms with van der Waals surface area (Å²) in [5, 5.41) is 17.8. The lowest BCUT2D eigenvalue weighted by Gasteiger charge is -2.25. The molecule has 0 aromatic carbocycles. The van der Waals surface area contributed by atoms with Crippen molar-refractivity contribution in [3.8, 4) is 0 Å². The standard InChI is InChI=1S/C6H12O4S/c7-3-5-1-2-11(9,10)4-6(5)8/h5-8H,1-4H2. The van der Waals surface area contributed by atoms with E-state index < -0.39 is 15.9 Å². The van der Waals surface area contributed by atoms with Crippen molar-refractivity contribution >= 4 is 9.84 Å². The molecule has 2 N–H and O–H groups in total. The summed E-state index contributed by atoms with van der Waals surface area (Å²) in [6.45, 7) is -0.128. The van der Waals surface area contributed by atoms with Gasteiger partial charge >= 0.3 is 0 Å². The van der Waals surface area contributed by atoms with Crippen LogP contribution >= 0.6 is 0 Å². The summed E-state index contributed by atoms with van der Waals surface area (Å²) in [6, 6.07) is 0. The first-order valence-electron chi connectivity index (χ1n) is 3.54. The normalized spacial score (nSPS) is 36.9. The summed E-state index contributed by atoms with van der Waals surface area (Å²) < 4.78 is 21.8. The van der Waals surface area contributed by atoms with Crippen LogP contribution in [-0.4, -0.2) is 42.8 Å². The average Bonchev–Trinajstić information content (AvgIpc) is 1.86. The molecule has 2 atom stereocenters. The maximum absolute atomic E-state index is 10.9. The van der Waals surface area contributed by atoms with Gasteiger partial charge in [-0.2, -0.15) is 0 Å². The van der Waals surface area contributed by atoms with Gasteiger partial charge < -0.3 is 10.2 Å². The van der Waals surface area contributed by atoms with Crippen molar-refractivity contribution in [2.24, 2.45) is 5.92 Å². The van der Waals surface area contributed by atoms with Gasteiger partial charge in [0, 0.05) is 12.5 Å². The van der Waals surface area contributed by atoms with Crippen LogP contribution in [0.2, 0.25) is 0 Å². The first kappa shape index (κ1) is 8.96. The minimum atomic E-state index is -3.04. The number of aliphatic hydroxyl groups excluding tert-OH is 2. The zero-order valence-corrected chi connectivity index (χ0v) is 6.92. The van der Waals surface area contributed by atoms with Crippen LogP contribution in [0.4, 0.5) is 0 Å². The largest absolute Gasteiger partial charge is 0.396 e. The van der Waals surface area contributed by atoms with Gasteiger partial charge in [-0.3, -0.25) is 0 Å². The number of sulfone groups is 1. The van der Waals surface area contributed by atoms with E-state index in [4.69, 9.17) is 10.2 Å². The molecule has 0 saturated carbocycles. The third-order valence-corrected chi connectivity index (χ3v) is 3.71. The van der Waals surface area contributed by atoms with Crippen LogP contribution in [0.25, 0.3) is 0 Å². The molecule has 5 heteroatoms. The minimum Gasteiger partial charge on any atom is -0.396 e. The van der Waals surface area contributed by atoms with Crippen molar-refractivity contribution in [1.29, 1.82) is 0 Å². The summed E-state index contributed by atoms with van der Waals surface area (Å²) in [5.41, 5.74) is 0. The zero-order valence-electron chi connectivity index (χ0n) is 6.10. The topological polar surface area (TPSA) is 74.6 Å². The van der Waals surface area contributed by atoms with Gasteiger partial charge in [-0.25, -0.2) is 8.42 Å². The van der Waals surface area contributed by atoms with Crippen LogP contribution < -0.4 is 0 Å². The van der Waals surface area contributed by atoms with Crippen molar-refractivity contribution < 1.29 is 18.6 Å². The molecule has 1 saturated heterocycles. The summed E-state index contributed by atoms with van der Waals surface area (Å²) in [5.74, 6) is -0.355. The molecule has 0 aromatic heterocycles. The van der Waals surface area contributed by atoms with Crippen LogP contribution in [0.3, 0.4) is 0 Å². The van der Waals surface area contributed by atoms with Crippen molar-refractivity contribution in [2.45, 2.75) is 12.5 Å². The van der Waals surface area contributed by atoms with Gasteiger partial charge in [-0.1, -0.05) is 0 Å². The Morgan fingerprint density at radius 3 is 2.55 bits per heavy atom. The Balaban J connectivity index is 2.62. The number of aliphatic hydroxyl groups is 2. The third-order valence-electron chi connectivity index (χ3n) is 2.00. The first-order valence-corrected chi connectivity index (χ1v) is 5.36. The molecule has 66 valence electrons. The summed E-state index contributed by atoms with van der Waals surface area (Å²) in [7, 11) is -3.04. The fourth-order valence-corrected chi connectivity index (χ4v) is 2.84. The van der Waals surface area contributed by atoms with Gasteiger partial charge in [0.05, 0.1) is 17.6 Å². The minimum absolute atomic E-state index is 0.0925. The van der Waals surface area contributed by atoms with Gasteiger partial charge in [0.15, 0.2) is 9.84 Å². The highest BCUT2D eigenvalue weighted by molar-refractivity contribution is 7.91. The second-order valence-electron chi connectivity index (χ2n) is 2.91. The lowest BCUT2D eigenvalue weighted by molar-refractivity contribution is 0.0767. The molecule has 1 fully saturated rings. The quantitative estimate of drug-likeness (QED) is 0.530. The number of rotatable bonds is 1. The fraction of sp³-hybridized carbons (Fsp3) is 1.00. The molecular formula is C6H12O4S. The molecule has 1 heterocycles. The highest BCUT2D eigenvalue weighted by atomic mass is 32.2. The van der Waals surface area contributed by atoms with Crippen molar-refractivity contribution in [3.63, 3.8) is 0 Å². The van der Waals surface area contributed by atoms with E-state index in [1.165, 1.54) is 0 Å². The second kappa shape index (κ2) is 3.08. The Morgan fingerprint density at radius 1 is 1.45 bits per heavy atom. The molecule has 4 nitrogen and oxygen atoms in total. The highest BCUT2D eigenvalue weighted by Gasteiger charge is 2.30. The smallest absolute Gasteiger partial charge is 0.152 e. The monoisotopic (exact) mass is 180 g/mol. The molecule has 0 radical (unpaired) electrons. The summed E-state index contributed by atoms with van der Waals surface area (Å²) in [6.07, 6.45) is -0.501. The van der Waals surface area contributed by atoms with Gasteiger partial charge in [-0.15, -0.1) is 0 Å². The van der Waals surface area contributed by atoms with Gasteiger partial charge in [0.2, 0.25) is 0 Å². The molecule has 0 aromatic rings. The van der Waals surface area contributed by atoms with E-state index in [2.05, 4.69) is 0 Å². The Kier molecular flexibility index (Phi) is 2.51. The Hall–Kier alpha value is -0.130. The lowest BCUT2D eigenvalue weighted by atomic mass is 10.0. The molecule has 11 heavy (non-hydrogen) atoms. The molecule has 0 aliphatic carbocycles. The number of hydrogen-bond donors (Lipinski definition) is 2. The van der Waals surface area contributed by atoms with E-state index in [-0.39, 0.29) is 24.0 Å². The highest BCUT2D eigenvalue weighted by Crippen LogP contribution is 2.18. The predicted octanol–water partition coefficient (Wildman–Crippen LogP) is -1.23. The maximum atomic E-state index is 10.9. The van der Waals surface area contributed by atoms with Crippen molar-refractivity contribution in [2.75, 3.05) is 18.1 Å². The van der Waals surface area contributed by atoms with Gasteiger partial charge in [-0.05, 0) is 6.42 Å². The van der Waals surface area contributed by atoms with E-state index in [0.717, 1.165) is 0 Å². The van der Waals surface area contributed by atoms with Gasteiger partial charge in [0.25, 0.3) is 0 Å². The third kappa shape index (κ3) is 2.15. The van der Waals surface area contributed by atoms with Crippen LogP contribution in [0.5, 0.6) is 0 Å². The van der Waals surface area contributed by atoms with Crippen molar-refractivity contribution in [3.05, 3.63) is 0 Å². The van der Waals surface area contributed by atoms with E-state index in [1.54, 1.807) is 0 Å². The molecule has 1 aliphatic heterocycles. The molecule has 0 spiro atoms. The van der Waals surface area contributed by atoms with E-state index in [9.17, 15) is 8.42 Å². The number of hydrogen-bond acceptors (Lipinski definition) is 4. The molecular weight excluding hydrogens is 168 g/mol. The maximum Gasteiger partial charge on any atom is 0.152 e. The molecule has 1 aliphatic rings. The zero-order chi connectivity index (χ0) is 8.48. The Bertz CT molecular complexity index is 221. The summed E-state index contributed by atoms with van der Waals surface area (Å²) >= 11 is 0. The van der Waals surface area contributed by atoms with E-state index >= 15 is 0 Å². The Labute approximate surface area is 65.8 Å². The average molecular weight is 180 g/mol. The van der Waals surface area contributed by atoms with Gasteiger partial charge in [0.1, 0.15) is 0 Å². The van der Waals surface area contributed by atoms with Crippen LogP contribution in [0.15, 0.2) is 0 Å².